The molecule has 3 rings (SSSR count). The third kappa shape index (κ3) is 2.89. The van der Waals surface area contributed by atoms with E-state index in [0.29, 0.717) is 17.2 Å². The Labute approximate surface area is 131 Å². The number of anilines is 1. The normalized spacial score (nSPS) is 10.5. The van der Waals surface area contributed by atoms with Crippen molar-refractivity contribution in [2.24, 2.45) is 0 Å². The molecule has 0 atom stereocenters. The van der Waals surface area contributed by atoms with Gasteiger partial charge in [-0.1, -0.05) is 6.07 Å². The molecule has 0 radical (unpaired) electrons. The van der Waals surface area contributed by atoms with Crippen molar-refractivity contribution in [1.82, 2.24) is 14.4 Å². The number of aryl methyl sites for hydroxylation is 1. The zero-order chi connectivity index (χ0) is 16.4. The molecular weight excluding hydrogens is 296 g/mol. The summed E-state index contributed by atoms with van der Waals surface area (Å²) in [6.45, 7) is 1.86. The average molecular weight is 310 g/mol. The van der Waals surface area contributed by atoms with Crippen molar-refractivity contribution in [3.05, 3.63) is 64.3 Å². The van der Waals surface area contributed by atoms with E-state index in [-0.39, 0.29) is 5.56 Å². The highest BCUT2D eigenvalue weighted by Gasteiger charge is 2.13. The van der Waals surface area contributed by atoms with Gasteiger partial charge in [-0.15, -0.1) is 0 Å². The summed E-state index contributed by atoms with van der Waals surface area (Å²) in [5, 5.41) is 2.62. The van der Waals surface area contributed by atoms with E-state index < -0.39 is 11.5 Å². The zero-order valence-electron chi connectivity index (χ0n) is 12.6. The second-order valence-electron chi connectivity index (χ2n) is 4.96. The van der Waals surface area contributed by atoms with Crippen molar-refractivity contribution in [3.63, 3.8) is 0 Å². The summed E-state index contributed by atoms with van der Waals surface area (Å²) < 4.78 is 6.31. The van der Waals surface area contributed by atoms with E-state index in [0.717, 1.165) is 5.56 Å². The van der Waals surface area contributed by atoms with Crippen molar-refractivity contribution >= 4 is 17.2 Å². The molecule has 116 valence electrons. The highest BCUT2D eigenvalue weighted by Crippen LogP contribution is 2.11. The Kier molecular flexibility index (Phi) is 3.76. The van der Waals surface area contributed by atoms with E-state index in [9.17, 15) is 9.59 Å². The molecule has 0 aliphatic rings. The maximum Gasteiger partial charge on any atom is 0.270 e. The molecule has 7 heteroatoms. The fourth-order valence-corrected chi connectivity index (χ4v) is 2.11. The molecule has 0 unspecified atom stereocenters. The minimum Gasteiger partial charge on any atom is -0.481 e. The Morgan fingerprint density at radius 3 is 2.70 bits per heavy atom. The van der Waals surface area contributed by atoms with Crippen LogP contribution in [-0.2, 0) is 0 Å². The Morgan fingerprint density at radius 2 is 2.00 bits per heavy atom. The van der Waals surface area contributed by atoms with Crippen molar-refractivity contribution in [1.29, 1.82) is 0 Å². The molecule has 0 aromatic carbocycles. The molecule has 0 aliphatic heterocycles. The van der Waals surface area contributed by atoms with Crippen molar-refractivity contribution < 1.29 is 9.53 Å². The fraction of sp³-hybridized carbons (Fsp3) is 0.125. The van der Waals surface area contributed by atoms with Crippen LogP contribution in [0.25, 0.3) is 5.65 Å². The molecule has 1 amide bonds. The standard InChI is InChI=1S/C16H14N4O3/c1-10-3-5-13-17-8-12(16(22)20(13)9-10)15(21)19-11-4-6-14(23-2)18-7-11/h3-9H,1-2H3,(H,19,21). The Bertz CT molecular complexity index is 932. The van der Waals surface area contributed by atoms with Crippen LogP contribution in [0.3, 0.4) is 0 Å². The van der Waals surface area contributed by atoms with Crippen molar-refractivity contribution in [2.45, 2.75) is 6.92 Å². The smallest absolute Gasteiger partial charge is 0.270 e. The lowest BCUT2D eigenvalue weighted by atomic mass is 10.2. The van der Waals surface area contributed by atoms with Crippen LogP contribution in [0.15, 0.2) is 47.7 Å². The molecule has 1 N–H and O–H groups in total. The van der Waals surface area contributed by atoms with Crippen LogP contribution in [0.4, 0.5) is 5.69 Å². The highest BCUT2D eigenvalue weighted by molar-refractivity contribution is 6.03. The van der Waals surface area contributed by atoms with Gasteiger partial charge in [0.15, 0.2) is 0 Å². The van der Waals surface area contributed by atoms with E-state index in [1.807, 2.05) is 13.0 Å². The molecule has 0 saturated carbocycles. The first-order chi connectivity index (χ1) is 11.1. The lowest BCUT2D eigenvalue weighted by Gasteiger charge is -2.07. The topological polar surface area (TPSA) is 85.6 Å². The molecule has 3 aromatic rings. The first-order valence-electron chi connectivity index (χ1n) is 6.88. The van der Waals surface area contributed by atoms with Gasteiger partial charge in [-0.3, -0.25) is 14.0 Å². The number of hydrogen-bond acceptors (Lipinski definition) is 5. The van der Waals surface area contributed by atoms with E-state index in [1.54, 1.807) is 24.4 Å². The van der Waals surface area contributed by atoms with Gasteiger partial charge < -0.3 is 10.1 Å². The van der Waals surface area contributed by atoms with Crippen LogP contribution >= 0.6 is 0 Å². The number of methoxy groups -OCH3 is 1. The van der Waals surface area contributed by atoms with Crippen LogP contribution in [-0.4, -0.2) is 27.4 Å². The van der Waals surface area contributed by atoms with Crippen LogP contribution in [0, 0.1) is 6.92 Å². The van der Waals surface area contributed by atoms with E-state index in [2.05, 4.69) is 15.3 Å². The molecule has 23 heavy (non-hydrogen) atoms. The monoisotopic (exact) mass is 310 g/mol. The third-order valence-corrected chi connectivity index (χ3v) is 3.30. The van der Waals surface area contributed by atoms with Crippen LogP contribution in [0.5, 0.6) is 5.88 Å². The highest BCUT2D eigenvalue weighted by atomic mass is 16.5. The van der Waals surface area contributed by atoms with Gasteiger partial charge in [-0.25, -0.2) is 9.97 Å². The lowest BCUT2D eigenvalue weighted by Crippen LogP contribution is -2.26. The van der Waals surface area contributed by atoms with E-state index in [1.165, 1.54) is 23.9 Å². The van der Waals surface area contributed by atoms with E-state index in [4.69, 9.17) is 4.74 Å². The number of nitrogens with one attached hydrogen (secondary N) is 1. The van der Waals surface area contributed by atoms with Gasteiger partial charge in [-0.2, -0.15) is 0 Å². The first-order valence-corrected chi connectivity index (χ1v) is 6.88. The molecule has 0 saturated heterocycles. The Balaban J connectivity index is 1.94. The Hall–Kier alpha value is -3.22. The predicted octanol–water partition coefficient (Wildman–Crippen LogP) is 1.66. The number of pyridine rings is 2. The summed E-state index contributed by atoms with van der Waals surface area (Å²) in [5.41, 5.74) is 1.40. The van der Waals surface area contributed by atoms with Crippen LogP contribution < -0.4 is 15.6 Å². The van der Waals surface area contributed by atoms with Gasteiger partial charge in [0.05, 0.1) is 19.0 Å². The number of carbonyl (C=O) groups is 1. The second-order valence-corrected chi connectivity index (χ2v) is 4.96. The maximum atomic E-state index is 12.4. The van der Waals surface area contributed by atoms with Crippen LogP contribution in [0.2, 0.25) is 0 Å². The SMILES string of the molecule is COc1ccc(NC(=O)c2cnc3ccc(C)cn3c2=O)cn1. The maximum absolute atomic E-state index is 12.4. The third-order valence-electron chi connectivity index (χ3n) is 3.30. The van der Waals surface area contributed by atoms with Gasteiger partial charge in [0.1, 0.15) is 11.2 Å². The minimum absolute atomic E-state index is 0.0380. The molecule has 7 nitrogen and oxygen atoms in total. The number of aromatic nitrogens is 3. The second kappa shape index (κ2) is 5.88. The predicted molar refractivity (Wildman–Crippen MR) is 84.9 cm³/mol. The van der Waals surface area contributed by atoms with Gasteiger partial charge >= 0.3 is 0 Å². The quantitative estimate of drug-likeness (QED) is 0.795. The van der Waals surface area contributed by atoms with Gasteiger partial charge in [-0.05, 0) is 24.6 Å². The molecule has 0 spiro atoms. The van der Waals surface area contributed by atoms with Crippen molar-refractivity contribution in [3.8, 4) is 5.88 Å². The number of rotatable bonds is 3. The van der Waals surface area contributed by atoms with Gasteiger partial charge in [0, 0.05) is 18.5 Å². The molecule has 3 heterocycles. The number of nitrogens with zero attached hydrogens (tertiary/aromatic N) is 3. The first kappa shape index (κ1) is 14.7. The minimum atomic E-state index is -0.537. The van der Waals surface area contributed by atoms with Gasteiger partial charge in [0.25, 0.3) is 11.5 Å². The number of ether oxygens (including phenoxy) is 1. The molecule has 0 aliphatic carbocycles. The molecule has 3 aromatic heterocycles. The average Bonchev–Trinajstić information content (AvgIpc) is 2.56. The van der Waals surface area contributed by atoms with Crippen LogP contribution in [0.1, 0.15) is 15.9 Å². The summed E-state index contributed by atoms with van der Waals surface area (Å²) >= 11 is 0. The Morgan fingerprint density at radius 1 is 1.17 bits per heavy atom. The summed E-state index contributed by atoms with van der Waals surface area (Å²) in [5.74, 6) is -0.101. The van der Waals surface area contributed by atoms with E-state index >= 15 is 0 Å². The number of fused-ring (bicyclic) bond motifs is 1. The fourth-order valence-electron chi connectivity index (χ4n) is 2.11. The van der Waals surface area contributed by atoms with Crippen molar-refractivity contribution in [2.75, 3.05) is 12.4 Å². The number of amides is 1. The summed E-state index contributed by atoms with van der Waals surface area (Å²) in [7, 11) is 1.50. The molecular formula is C16H14N4O3. The summed E-state index contributed by atoms with van der Waals surface area (Å²) in [4.78, 5) is 32.9. The number of hydrogen-bond donors (Lipinski definition) is 1. The van der Waals surface area contributed by atoms with Gasteiger partial charge in [0.2, 0.25) is 5.88 Å². The number of carbonyl (C=O) groups excluding carboxylic acids is 1. The summed E-state index contributed by atoms with van der Waals surface area (Å²) in [6, 6.07) is 6.83. The lowest BCUT2D eigenvalue weighted by molar-refractivity contribution is 0.102. The molecule has 0 bridgehead atoms. The summed E-state index contributed by atoms with van der Waals surface area (Å²) in [6.07, 6.45) is 4.38. The molecule has 0 fully saturated rings. The largest absolute Gasteiger partial charge is 0.481 e. The zero-order valence-corrected chi connectivity index (χ0v) is 12.6.